The van der Waals surface area contributed by atoms with Gasteiger partial charge in [0.25, 0.3) is 0 Å². The van der Waals surface area contributed by atoms with Gasteiger partial charge in [-0.2, -0.15) is 9.98 Å². The smallest absolute Gasteiger partial charge is 0.121 e. The number of fused-ring (bicyclic) bond motifs is 4. The molecule has 2 unspecified atom stereocenters. The lowest BCUT2D eigenvalue weighted by Gasteiger charge is -2.20. The summed E-state index contributed by atoms with van der Waals surface area (Å²) in [5, 5.41) is 0. The molecule has 1 aliphatic heterocycles. The highest BCUT2D eigenvalue weighted by Crippen LogP contribution is 2.24. The Morgan fingerprint density at radius 2 is 1.36 bits per heavy atom. The van der Waals surface area contributed by atoms with Crippen molar-refractivity contribution in [1.29, 1.82) is 0 Å². The molecule has 0 aliphatic carbocycles. The van der Waals surface area contributed by atoms with E-state index in [1.54, 1.807) is 0 Å². The number of nitrogens with zero attached hydrogens (tertiary/aromatic N) is 2. The molecule has 2 atom stereocenters. The topological polar surface area (TPSA) is 43.2 Å². The zero-order valence-corrected chi connectivity index (χ0v) is 12.7. The fraction of sp³-hybridized carbons (Fsp3) is 0.278. The molecule has 0 saturated carbocycles. The number of hydrogen-bond acceptors (Lipinski definition) is 4. The highest BCUT2D eigenvalue weighted by Gasteiger charge is 2.12. The molecule has 0 aromatic heterocycles. The summed E-state index contributed by atoms with van der Waals surface area (Å²) in [7, 11) is 0. The van der Waals surface area contributed by atoms with E-state index < -0.39 is 0 Å². The van der Waals surface area contributed by atoms with Gasteiger partial charge in [0.15, 0.2) is 0 Å². The number of ether oxygens (including phenoxy) is 2. The standard InChI is InChI=1S/C18H18N2O2/c1-13-9-14(2)22-18-8-4-6-16(11-18)20-12-19-15-5-3-7-17(10-15)21-13/h3-8,10-11,13-14H,9H2,1-2H3. The van der Waals surface area contributed by atoms with Crippen LogP contribution in [0.1, 0.15) is 20.3 Å². The molecule has 4 bridgehead atoms. The summed E-state index contributed by atoms with van der Waals surface area (Å²) < 4.78 is 11.9. The molecule has 2 aromatic rings. The molecule has 4 heteroatoms. The lowest BCUT2D eigenvalue weighted by molar-refractivity contribution is 0.131. The monoisotopic (exact) mass is 294 g/mol. The van der Waals surface area contributed by atoms with Gasteiger partial charge in [-0.15, -0.1) is 0 Å². The van der Waals surface area contributed by atoms with Crippen LogP contribution in [0.3, 0.4) is 0 Å². The molecule has 0 radical (unpaired) electrons. The van der Waals surface area contributed by atoms with E-state index in [4.69, 9.17) is 9.47 Å². The van der Waals surface area contributed by atoms with Crippen LogP contribution in [-0.4, -0.2) is 18.2 Å². The van der Waals surface area contributed by atoms with E-state index in [0.717, 1.165) is 29.3 Å². The first-order chi connectivity index (χ1) is 10.7. The number of aliphatic imine (C=N–C) groups is 2. The minimum atomic E-state index is 0.0500. The SMILES string of the molecule is CC1CC(C)Oc2cccc(c2)N=C=Nc2cccc(c2)O1. The van der Waals surface area contributed by atoms with Crippen molar-refractivity contribution in [2.75, 3.05) is 0 Å². The first-order valence-corrected chi connectivity index (χ1v) is 7.39. The second kappa shape index (κ2) is 6.46. The van der Waals surface area contributed by atoms with Crippen LogP contribution in [0.2, 0.25) is 0 Å². The highest BCUT2D eigenvalue weighted by atomic mass is 16.5. The number of benzene rings is 2. The molecule has 0 spiro atoms. The Bertz CT molecular complexity index is 663. The zero-order chi connectivity index (χ0) is 15.4. The lowest BCUT2D eigenvalue weighted by atomic mass is 10.2. The van der Waals surface area contributed by atoms with Crippen molar-refractivity contribution in [2.45, 2.75) is 32.5 Å². The summed E-state index contributed by atoms with van der Waals surface area (Å²) in [6.45, 7) is 4.08. The maximum absolute atomic E-state index is 5.93. The fourth-order valence-corrected chi connectivity index (χ4v) is 2.42. The predicted octanol–water partition coefficient (Wildman–Crippen LogP) is 4.76. The van der Waals surface area contributed by atoms with Crippen LogP contribution in [0.4, 0.5) is 11.4 Å². The zero-order valence-electron chi connectivity index (χ0n) is 12.7. The van der Waals surface area contributed by atoms with Gasteiger partial charge < -0.3 is 9.47 Å². The highest BCUT2D eigenvalue weighted by molar-refractivity contribution is 5.59. The molecule has 1 aliphatic rings. The van der Waals surface area contributed by atoms with Gasteiger partial charge in [-0.3, -0.25) is 0 Å². The van der Waals surface area contributed by atoms with Gasteiger partial charge in [0.2, 0.25) is 0 Å². The van der Waals surface area contributed by atoms with Crippen LogP contribution in [0.5, 0.6) is 11.5 Å². The third kappa shape index (κ3) is 3.74. The molecule has 0 N–H and O–H groups in total. The second-order valence-corrected chi connectivity index (χ2v) is 5.41. The van der Waals surface area contributed by atoms with E-state index in [2.05, 4.69) is 16.0 Å². The molecule has 0 fully saturated rings. The molecule has 0 saturated heterocycles. The first kappa shape index (κ1) is 14.4. The van der Waals surface area contributed by atoms with E-state index in [0.29, 0.717) is 0 Å². The summed E-state index contributed by atoms with van der Waals surface area (Å²) >= 11 is 0. The average molecular weight is 294 g/mol. The number of hydrogen-bond donors (Lipinski definition) is 0. The van der Waals surface area contributed by atoms with Gasteiger partial charge in [0, 0.05) is 18.6 Å². The molecule has 112 valence electrons. The average Bonchev–Trinajstić information content (AvgIpc) is 2.47. The Balaban J connectivity index is 1.99. The maximum atomic E-state index is 5.93. The fourth-order valence-electron chi connectivity index (χ4n) is 2.42. The van der Waals surface area contributed by atoms with Crippen LogP contribution in [0.25, 0.3) is 0 Å². The van der Waals surface area contributed by atoms with Crippen molar-refractivity contribution < 1.29 is 9.47 Å². The van der Waals surface area contributed by atoms with Crippen LogP contribution in [-0.2, 0) is 0 Å². The Morgan fingerprint density at radius 3 is 1.86 bits per heavy atom. The molecule has 1 heterocycles. The van der Waals surface area contributed by atoms with Gasteiger partial charge >= 0.3 is 0 Å². The van der Waals surface area contributed by atoms with E-state index in [9.17, 15) is 0 Å². The molecular formula is C18H18N2O2. The molecule has 3 rings (SSSR count). The Morgan fingerprint density at radius 1 is 0.864 bits per heavy atom. The van der Waals surface area contributed by atoms with Gasteiger partial charge in [-0.05, 0) is 38.1 Å². The quantitative estimate of drug-likeness (QED) is 0.703. The van der Waals surface area contributed by atoms with E-state index in [1.165, 1.54) is 0 Å². The molecule has 0 amide bonds. The number of rotatable bonds is 0. The second-order valence-electron chi connectivity index (χ2n) is 5.41. The van der Waals surface area contributed by atoms with Crippen molar-refractivity contribution in [3.63, 3.8) is 0 Å². The summed E-state index contributed by atoms with van der Waals surface area (Å²) in [6, 6.07) is 17.9. The van der Waals surface area contributed by atoms with E-state index >= 15 is 0 Å². The van der Waals surface area contributed by atoms with Gasteiger partial charge in [0.05, 0.1) is 23.6 Å². The van der Waals surface area contributed by atoms with Gasteiger partial charge in [-0.1, -0.05) is 12.1 Å². The van der Waals surface area contributed by atoms with Crippen LogP contribution in [0.15, 0.2) is 58.5 Å². The third-order valence-electron chi connectivity index (χ3n) is 3.33. The van der Waals surface area contributed by atoms with Gasteiger partial charge in [0.1, 0.15) is 17.5 Å². The van der Waals surface area contributed by atoms with Crippen molar-refractivity contribution in [2.24, 2.45) is 9.98 Å². The van der Waals surface area contributed by atoms with Crippen LogP contribution >= 0.6 is 0 Å². The summed E-state index contributed by atoms with van der Waals surface area (Å²) in [5.41, 5.74) is 1.54. The molecule has 4 nitrogen and oxygen atoms in total. The van der Waals surface area contributed by atoms with Crippen molar-refractivity contribution in [3.05, 3.63) is 48.5 Å². The van der Waals surface area contributed by atoms with E-state index in [-0.39, 0.29) is 12.2 Å². The Hall–Kier alpha value is -2.58. The minimum absolute atomic E-state index is 0.0500. The van der Waals surface area contributed by atoms with Gasteiger partial charge in [-0.25, -0.2) is 0 Å². The summed E-state index contributed by atoms with van der Waals surface area (Å²) in [4.78, 5) is 8.44. The normalized spacial score (nSPS) is 20.6. The lowest BCUT2D eigenvalue weighted by Crippen LogP contribution is -2.22. The molecular weight excluding hydrogens is 276 g/mol. The van der Waals surface area contributed by atoms with Crippen molar-refractivity contribution >= 4 is 17.4 Å². The third-order valence-corrected chi connectivity index (χ3v) is 3.33. The first-order valence-electron chi connectivity index (χ1n) is 7.39. The van der Waals surface area contributed by atoms with E-state index in [1.807, 2.05) is 62.4 Å². The summed E-state index contributed by atoms with van der Waals surface area (Å²) in [5.74, 6) is 1.58. The Labute approximate surface area is 130 Å². The summed E-state index contributed by atoms with van der Waals surface area (Å²) in [6.07, 6.45) is 0.893. The van der Waals surface area contributed by atoms with Crippen molar-refractivity contribution in [3.8, 4) is 11.5 Å². The van der Waals surface area contributed by atoms with Crippen LogP contribution in [0, 0.1) is 0 Å². The maximum Gasteiger partial charge on any atom is 0.121 e. The Kier molecular flexibility index (Phi) is 4.22. The predicted molar refractivity (Wildman–Crippen MR) is 86.9 cm³/mol. The minimum Gasteiger partial charge on any atom is -0.491 e. The molecule has 2 aromatic carbocycles. The van der Waals surface area contributed by atoms with Crippen LogP contribution < -0.4 is 9.47 Å². The largest absolute Gasteiger partial charge is 0.491 e. The van der Waals surface area contributed by atoms with Crippen molar-refractivity contribution in [1.82, 2.24) is 0 Å². The molecule has 22 heavy (non-hydrogen) atoms.